The molecule has 1 saturated heterocycles. The molecule has 0 bridgehead atoms. The number of likely N-dealkylation sites (tertiary alicyclic amines) is 1. The van der Waals surface area contributed by atoms with Crippen molar-refractivity contribution in [1.82, 2.24) is 15.5 Å². The summed E-state index contributed by atoms with van der Waals surface area (Å²) in [6.07, 6.45) is 2.89. The monoisotopic (exact) mass is 227 g/mol. The van der Waals surface area contributed by atoms with Crippen LogP contribution in [-0.4, -0.2) is 49.6 Å². The number of rotatable bonds is 5. The Bertz CT molecular complexity index is 218. The molecule has 16 heavy (non-hydrogen) atoms. The fourth-order valence-corrected chi connectivity index (χ4v) is 2.06. The zero-order chi connectivity index (χ0) is 12.0. The van der Waals surface area contributed by atoms with Gasteiger partial charge in [-0.1, -0.05) is 13.8 Å². The van der Waals surface area contributed by atoms with Crippen LogP contribution in [0.25, 0.3) is 0 Å². The molecule has 0 radical (unpaired) electrons. The van der Waals surface area contributed by atoms with E-state index in [9.17, 15) is 4.79 Å². The van der Waals surface area contributed by atoms with E-state index in [4.69, 9.17) is 0 Å². The number of carbonyl (C=O) groups excluding carboxylic acids is 1. The van der Waals surface area contributed by atoms with Crippen molar-refractivity contribution in [2.24, 2.45) is 0 Å². The number of nitrogens with zero attached hydrogens (tertiary/aromatic N) is 1. The van der Waals surface area contributed by atoms with E-state index in [1.165, 1.54) is 6.42 Å². The Morgan fingerprint density at radius 3 is 2.88 bits per heavy atom. The Morgan fingerprint density at radius 2 is 2.25 bits per heavy atom. The third-order valence-corrected chi connectivity index (χ3v) is 2.89. The molecule has 2 N–H and O–H groups in total. The van der Waals surface area contributed by atoms with Crippen molar-refractivity contribution in [1.29, 1.82) is 0 Å². The molecule has 0 aromatic rings. The van der Waals surface area contributed by atoms with E-state index in [2.05, 4.69) is 36.4 Å². The number of carbonyl (C=O) groups is 1. The summed E-state index contributed by atoms with van der Waals surface area (Å²) in [7, 11) is 2.11. The molecule has 0 saturated carbocycles. The second kappa shape index (κ2) is 6.86. The molecule has 0 aromatic carbocycles. The number of hydrogen-bond acceptors (Lipinski definition) is 3. The summed E-state index contributed by atoms with van der Waals surface area (Å²) in [5, 5.41) is 6.35. The van der Waals surface area contributed by atoms with Crippen LogP contribution in [0.5, 0.6) is 0 Å². The van der Waals surface area contributed by atoms with Crippen LogP contribution in [0, 0.1) is 0 Å². The maximum atomic E-state index is 11.6. The fraction of sp³-hybridized carbons (Fsp3) is 0.917. The van der Waals surface area contributed by atoms with Gasteiger partial charge in [0.05, 0.1) is 0 Å². The number of piperidine rings is 1. The maximum Gasteiger partial charge on any atom is 0.221 e. The molecule has 1 rings (SSSR count). The van der Waals surface area contributed by atoms with Crippen LogP contribution in [-0.2, 0) is 4.79 Å². The Labute approximate surface area is 98.8 Å². The van der Waals surface area contributed by atoms with Gasteiger partial charge in [0.25, 0.3) is 0 Å². The zero-order valence-corrected chi connectivity index (χ0v) is 10.8. The molecule has 0 spiro atoms. The average molecular weight is 227 g/mol. The van der Waals surface area contributed by atoms with E-state index in [1.807, 2.05) is 0 Å². The Balaban J connectivity index is 2.13. The largest absolute Gasteiger partial charge is 0.352 e. The highest BCUT2D eigenvalue weighted by molar-refractivity contribution is 5.76. The summed E-state index contributed by atoms with van der Waals surface area (Å²) in [5.74, 6) is 0.174. The van der Waals surface area contributed by atoms with Crippen LogP contribution in [0.3, 0.4) is 0 Å². The average Bonchev–Trinajstić information content (AvgIpc) is 2.16. The van der Waals surface area contributed by atoms with Crippen molar-refractivity contribution in [2.75, 3.05) is 26.7 Å². The lowest BCUT2D eigenvalue weighted by Gasteiger charge is -2.30. The standard InChI is InChI=1S/C12H25N3O/c1-10(2)13-7-6-12(16)14-11-5-4-8-15(3)9-11/h10-11,13H,4-9H2,1-3H3,(H,14,16). The van der Waals surface area contributed by atoms with E-state index >= 15 is 0 Å². The number of amides is 1. The summed E-state index contributed by atoms with van der Waals surface area (Å²) < 4.78 is 0. The van der Waals surface area contributed by atoms with Crippen molar-refractivity contribution in [3.05, 3.63) is 0 Å². The second-order valence-corrected chi connectivity index (χ2v) is 5.03. The first-order valence-electron chi connectivity index (χ1n) is 6.29. The lowest BCUT2D eigenvalue weighted by atomic mass is 10.1. The van der Waals surface area contributed by atoms with Crippen molar-refractivity contribution >= 4 is 5.91 Å². The van der Waals surface area contributed by atoms with Gasteiger partial charge in [0.1, 0.15) is 0 Å². The number of likely N-dealkylation sites (N-methyl/N-ethyl adjacent to an activating group) is 1. The fourth-order valence-electron chi connectivity index (χ4n) is 2.06. The minimum Gasteiger partial charge on any atom is -0.352 e. The van der Waals surface area contributed by atoms with E-state index in [-0.39, 0.29) is 5.91 Å². The molecule has 94 valence electrons. The van der Waals surface area contributed by atoms with Gasteiger partial charge >= 0.3 is 0 Å². The topological polar surface area (TPSA) is 44.4 Å². The Kier molecular flexibility index (Phi) is 5.77. The van der Waals surface area contributed by atoms with Gasteiger partial charge in [0.15, 0.2) is 0 Å². The highest BCUT2D eigenvalue weighted by Gasteiger charge is 2.18. The molecule has 4 heteroatoms. The summed E-state index contributed by atoms with van der Waals surface area (Å²) >= 11 is 0. The van der Waals surface area contributed by atoms with Gasteiger partial charge < -0.3 is 15.5 Å². The molecule has 1 fully saturated rings. The van der Waals surface area contributed by atoms with E-state index in [0.717, 1.165) is 26.1 Å². The van der Waals surface area contributed by atoms with Gasteiger partial charge in [-0.2, -0.15) is 0 Å². The lowest BCUT2D eigenvalue weighted by Crippen LogP contribution is -2.46. The highest BCUT2D eigenvalue weighted by Crippen LogP contribution is 2.07. The molecule has 1 atom stereocenters. The second-order valence-electron chi connectivity index (χ2n) is 5.03. The molecule has 1 aliphatic heterocycles. The predicted octanol–water partition coefficient (Wildman–Crippen LogP) is 0.585. The summed E-state index contributed by atoms with van der Waals surface area (Å²) in [6, 6.07) is 0.805. The van der Waals surface area contributed by atoms with Crippen LogP contribution >= 0.6 is 0 Å². The SMILES string of the molecule is CC(C)NCCC(=O)NC1CCCN(C)C1. The van der Waals surface area contributed by atoms with Crippen LogP contribution in [0.1, 0.15) is 33.1 Å². The van der Waals surface area contributed by atoms with Gasteiger partial charge in [-0.05, 0) is 26.4 Å². The zero-order valence-electron chi connectivity index (χ0n) is 10.8. The van der Waals surface area contributed by atoms with Gasteiger partial charge in [-0.15, -0.1) is 0 Å². The molecule has 0 aromatic heterocycles. The third-order valence-electron chi connectivity index (χ3n) is 2.89. The lowest BCUT2D eigenvalue weighted by molar-refractivity contribution is -0.122. The smallest absolute Gasteiger partial charge is 0.221 e. The Morgan fingerprint density at radius 1 is 1.50 bits per heavy atom. The summed E-state index contributed by atoms with van der Waals surface area (Å²) in [6.45, 7) is 7.10. The first-order chi connectivity index (χ1) is 7.58. The van der Waals surface area contributed by atoms with Gasteiger partial charge in [0.2, 0.25) is 5.91 Å². The molecule has 1 amide bonds. The van der Waals surface area contributed by atoms with Gasteiger partial charge in [-0.3, -0.25) is 4.79 Å². The van der Waals surface area contributed by atoms with E-state index < -0.39 is 0 Å². The van der Waals surface area contributed by atoms with Crippen LogP contribution in [0.4, 0.5) is 0 Å². The minimum absolute atomic E-state index is 0.174. The van der Waals surface area contributed by atoms with Gasteiger partial charge in [-0.25, -0.2) is 0 Å². The van der Waals surface area contributed by atoms with Crippen molar-refractivity contribution in [3.63, 3.8) is 0 Å². The number of hydrogen-bond donors (Lipinski definition) is 2. The highest BCUT2D eigenvalue weighted by atomic mass is 16.1. The van der Waals surface area contributed by atoms with E-state index in [1.54, 1.807) is 0 Å². The molecular formula is C12H25N3O. The molecule has 1 heterocycles. The first kappa shape index (κ1) is 13.5. The number of nitrogens with one attached hydrogen (secondary N) is 2. The van der Waals surface area contributed by atoms with Crippen LogP contribution in [0.2, 0.25) is 0 Å². The predicted molar refractivity (Wildman–Crippen MR) is 66.4 cm³/mol. The molecule has 4 nitrogen and oxygen atoms in total. The van der Waals surface area contributed by atoms with E-state index in [0.29, 0.717) is 18.5 Å². The van der Waals surface area contributed by atoms with Crippen molar-refractivity contribution < 1.29 is 4.79 Å². The Hall–Kier alpha value is -0.610. The van der Waals surface area contributed by atoms with Crippen LogP contribution < -0.4 is 10.6 Å². The first-order valence-corrected chi connectivity index (χ1v) is 6.29. The summed E-state index contributed by atoms with van der Waals surface area (Å²) in [4.78, 5) is 13.9. The molecular weight excluding hydrogens is 202 g/mol. The van der Waals surface area contributed by atoms with Crippen LogP contribution in [0.15, 0.2) is 0 Å². The summed E-state index contributed by atoms with van der Waals surface area (Å²) in [5.41, 5.74) is 0. The third kappa shape index (κ3) is 5.47. The van der Waals surface area contributed by atoms with Crippen molar-refractivity contribution in [2.45, 2.75) is 45.2 Å². The minimum atomic E-state index is 0.174. The molecule has 1 aliphatic rings. The maximum absolute atomic E-state index is 11.6. The quantitative estimate of drug-likeness (QED) is 0.722. The van der Waals surface area contributed by atoms with Gasteiger partial charge in [0, 0.05) is 31.6 Å². The molecule has 0 aliphatic carbocycles. The molecule has 1 unspecified atom stereocenters. The van der Waals surface area contributed by atoms with Crippen molar-refractivity contribution in [3.8, 4) is 0 Å². The normalized spacial score (nSPS) is 22.4.